The molecule has 2 heterocycles. The number of hydrogen-bond donors (Lipinski definition) is 0. The van der Waals surface area contributed by atoms with E-state index in [1.165, 1.54) is 17.6 Å². The highest BCUT2D eigenvalue weighted by molar-refractivity contribution is 6.69. The van der Waals surface area contributed by atoms with Crippen LogP contribution in [0.4, 0.5) is 0 Å². The number of hydrogen-bond acceptors (Lipinski definition) is 3. The molecule has 0 aliphatic heterocycles. The second-order valence-corrected chi connectivity index (χ2v) is 16.3. The Morgan fingerprint density at radius 2 is 0.712 bits per heavy atom. The van der Waals surface area contributed by atoms with E-state index in [1.807, 2.05) is 6.07 Å². The molecule has 66 heavy (non-hydrogen) atoms. The monoisotopic (exact) mass is 814 g/mol. The first-order chi connectivity index (χ1) is 32.0. The van der Waals surface area contributed by atoms with Crippen molar-refractivity contribution in [3.63, 3.8) is 0 Å². The third-order valence-electron chi connectivity index (χ3n) is 12.9. The van der Waals surface area contributed by atoms with E-state index >= 15 is 0 Å². The van der Waals surface area contributed by atoms with Gasteiger partial charge in [0, 0.05) is 27.5 Å². The van der Waals surface area contributed by atoms with Crippen LogP contribution in [0.15, 0.2) is 127 Å². The van der Waals surface area contributed by atoms with E-state index in [9.17, 15) is 0 Å². The molecule has 0 amide bonds. The van der Waals surface area contributed by atoms with Gasteiger partial charge in [-0.25, -0.2) is 15.0 Å². The van der Waals surface area contributed by atoms with Gasteiger partial charge in [0.05, 0.1) is 24.6 Å². The summed E-state index contributed by atoms with van der Waals surface area (Å²) >= 11 is 0. The summed E-state index contributed by atoms with van der Waals surface area (Å²) in [5.74, 6) is 0.449. The van der Waals surface area contributed by atoms with Gasteiger partial charge in [-0.05, 0) is 78.1 Å². The minimum absolute atomic E-state index is 0.0406. The van der Waals surface area contributed by atoms with Gasteiger partial charge in [-0.2, -0.15) is 0 Å². The highest BCUT2D eigenvalue weighted by atomic mass is 15.1. The van der Waals surface area contributed by atoms with Crippen molar-refractivity contribution in [2.24, 2.45) is 0 Å². The summed E-state index contributed by atoms with van der Waals surface area (Å²) < 4.78 is 2.31. The fourth-order valence-electron chi connectivity index (χ4n) is 9.83. The Bertz CT molecular complexity index is 3920. The van der Waals surface area contributed by atoms with Gasteiger partial charge in [0.1, 0.15) is 70.6 Å². The van der Waals surface area contributed by atoms with Crippen LogP contribution in [0, 0.1) is 0 Å². The number of aromatic nitrogens is 4. The summed E-state index contributed by atoms with van der Waals surface area (Å²) in [5.41, 5.74) is 4.75. The van der Waals surface area contributed by atoms with E-state index in [0.29, 0.717) is 11.1 Å². The maximum absolute atomic E-state index is 6.73. The number of rotatable bonds is 4. The molecule has 0 unspecified atom stereocenters. The largest absolute Gasteiger partial charge is 0.308 e. The van der Waals surface area contributed by atoms with Crippen molar-refractivity contribution in [2.75, 3.05) is 0 Å². The SMILES string of the molecule is [B]C.[B]c1cc(-c2nc(-c3cc4c5ccccc5c5ccccc5c4cc3-n3c4cccc5c6ccccc6c6cccc3c6c54)nc(-c3c([B])c([B])c([B])c([B])c3[B])n2)c([B])c([B])c1[B]. The molecule has 0 spiro atoms. The van der Waals surface area contributed by atoms with Crippen LogP contribution in [0.5, 0.6) is 0 Å². The van der Waals surface area contributed by atoms with E-state index in [-0.39, 0.29) is 72.2 Å². The summed E-state index contributed by atoms with van der Waals surface area (Å²) in [6.07, 6.45) is 0. The minimum atomic E-state index is 0.0406. The third kappa shape index (κ3) is 5.96. The topological polar surface area (TPSA) is 43.6 Å². The van der Waals surface area contributed by atoms with Gasteiger partial charge in [-0.1, -0.05) is 126 Å². The van der Waals surface area contributed by atoms with Crippen molar-refractivity contribution >= 4 is 203 Å². The van der Waals surface area contributed by atoms with Crippen LogP contribution in [0.2, 0.25) is 6.82 Å². The standard InChI is InChI=1S/C51H21B9N4.CH3B/c52-34-20-33(41(53)45(57)42(34)54)50-61-49(62-51(63-50)40-43(55)46(58)48(60)47(59)44(40)56)32-19-30-26-13-5-1-9-22(26)23-10-2-6-14-27(23)31(30)21-37(32)64-35-17-7-15-28-24-11-3-4-12-25(24)29-16-8-18-36(64)39(29)38(28)35;1-2/h1-21H;1H3. The first-order valence-corrected chi connectivity index (χ1v) is 21.1. The van der Waals surface area contributed by atoms with E-state index in [1.54, 1.807) is 6.07 Å². The fourth-order valence-corrected chi connectivity index (χ4v) is 9.83. The lowest BCUT2D eigenvalue weighted by molar-refractivity contribution is 1.07. The summed E-state index contributed by atoms with van der Waals surface area (Å²) in [6, 6.07) is 44.3. The molecule has 0 saturated carbocycles. The molecular formula is C52H24B10N4. The van der Waals surface area contributed by atoms with Crippen molar-refractivity contribution in [3.8, 4) is 39.9 Å². The first kappa shape index (κ1) is 41.9. The molecule has 4 nitrogen and oxygen atoms in total. The Kier molecular flexibility index (Phi) is 9.96. The molecule has 0 N–H and O–H groups in total. The molecule has 0 aliphatic rings. The Balaban J connectivity index is 0.00000238. The highest BCUT2D eigenvalue weighted by Crippen LogP contribution is 2.46. The van der Waals surface area contributed by atoms with Gasteiger partial charge in [-0.3, -0.25) is 0 Å². The molecule has 2 aromatic heterocycles. The average molecular weight is 813 g/mol. The van der Waals surface area contributed by atoms with E-state index in [2.05, 4.69) is 128 Å². The molecule has 0 aliphatic carbocycles. The Labute approximate surface area is 394 Å². The first-order valence-electron chi connectivity index (χ1n) is 21.1. The van der Waals surface area contributed by atoms with Crippen LogP contribution in [0.25, 0.3) is 116 Å². The molecule has 14 heteroatoms. The molecule has 282 valence electrons. The lowest BCUT2D eigenvalue weighted by Gasteiger charge is -2.22. The van der Waals surface area contributed by atoms with Crippen molar-refractivity contribution < 1.29 is 0 Å². The number of benzene rings is 10. The molecular weight excluding hydrogens is 789 g/mol. The summed E-state index contributed by atoms with van der Waals surface area (Å²) in [4.78, 5) is 15.4. The molecule has 12 aromatic rings. The predicted molar refractivity (Wildman–Crippen MR) is 289 cm³/mol. The maximum atomic E-state index is 6.73. The lowest BCUT2D eigenvalue weighted by Crippen LogP contribution is -2.55. The van der Waals surface area contributed by atoms with Crippen molar-refractivity contribution in [1.29, 1.82) is 0 Å². The van der Waals surface area contributed by atoms with Gasteiger partial charge in [-0.15, -0.1) is 32.8 Å². The van der Waals surface area contributed by atoms with Crippen molar-refractivity contribution in [3.05, 3.63) is 127 Å². The smallest absolute Gasteiger partial charge is 0.166 e. The second kappa shape index (κ2) is 15.7. The quantitative estimate of drug-likeness (QED) is 0.203. The highest BCUT2D eigenvalue weighted by Gasteiger charge is 2.26. The van der Waals surface area contributed by atoms with Crippen LogP contribution < -0.4 is 49.2 Å². The van der Waals surface area contributed by atoms with E-state index in [0.717, 1.165) is 70.6 Å². The maximum Gasteiger partial charge on any atom is 0.166 e. The van der Waals surface area contributed by atoms with Gasteiger partial charge in [0.25, 0.3) is 0 Å². The molecule has 20 radical (unpaired) electrons. The summed E-state index contributed by atoms with van der Waals surface area (Å²) in [5, 5.41) is 13.3. The van der Waals surface area contributed by atoms with Crippen LogP contribution in [-0.4, -0.2) is 98.0 Å². The lowest BCUT2D eigenvalue weighted by atomic mass is 9.60. The zero-order chi connectivity index (χ0) is 45.9. The zero-order valence-electron chi connectivity index (χ0n) is 35.7. The molecule has 0 saturated heterocycles. The van der Waals surface area contributed by atoms with Crippen LogP contribution in [0.3, 0.4) is 0 Å². The second-order valence-electron chi connectivity index (χ2n) is 16.3. The predicted octanol–water partition coefficient (Wildman–Crippen LogP) is 2.52. The van der Waals surface area contributed by atoms with Gasteiger partial charge in [0.15, 0.2) is 17.5 Å². The molecule has 10 aromatic carbocycles. The Hall–Kier alpha value is -6.78. The normalized spacial score (nSPS) is 11.7. The van der Waals surface area contributed by atoms with Crippen LogP contribution in [0.1, 0.15) is 0 Å². The van der Waals surface area contributed by atoms with Crippen molar-refractivity contribution in [1.82, 2.24) is 19.5 Å². The molecule has 0 atom stereocenters. The van der Waals surface area contributed by atoms with Crippen molar-refractivity contribution in [2.45, 2.75) is 6.82 Å². The average Bonchev–Trinajstić information content (AvgIpc) is 3.70. The third-order valence-corrected chi connectivity index (χ3v) is 12.9. The van der Waals surface area contributed by atoms with Gasteiger partial charge >= 0.3 is 0 Å². The van der Waals surface area contributed by atoms with E-state index < -0.39 is 0 Å². The fraction of sp³-hybridized carbons (Fsp3) is 0.0192. The van der Waals surface area contributed by atoms with Crippen LogP contribution in [-0.2, 0) is 0 Å². The summed E-state index contributed by atoms with van der Waals surface area (Å²) in [6.45, 7) is 1.50. The Morgan fingerprint density at radius 3 is 1.21 bits per heavy atom. The van der Waals surface area contributed by atoms with E-state index in [4.69, 9.17) is 85.6 Å². The minimum Gasteiger partial charge on any atom is -0.308 e. The number of fused-ring (bicyclic) bond motifs is 9. The molecule has 0 fully saturated rings. The zero-order valence-corrected chi connectivity index (χ0v) is 35.7. The van der Waals surface area contributed by atoms with Gasteiger partial charge in [0.2, 0.25) is 0 Å². The van der Waals surface area contributed by atoms with Crippen LogP contribution >= 0.6 is 0 Å². The summed E-state index contributed by atoms with van der Waals surface area (Å²) in [7, 11) is 63.0. The van der Waals surface area contributed by atoms with Gasteiger partial charge < -0.3 is 4.57 Å². The Morgan fingerprint density at radius 1 is 0.333 bits per heavy atom. The number of nitrogens with zero attached hydrogens (tertiary/aromatic N) is 4. The molecule has 0 bridgehead atoms. The molecule has 12 rings (SSSR count).